The van der Waals surface area contributed by atoms with Crippen molar-refractivity contribution >= 4 is 69.1 Å². The van der Waals surface area contributed by atoms with E-state index >= 15 is 0 Å². The standard InChI is InChI=1S/C41H62N7O17P3S/c1-25(13-14-28-27(3)12-9-16-40(28,4)5)10-8-11-26(2)20-31(50)69-19-18-43-30(49)15-17-44-38(53)35(52)41(6,7)22-62-68(59,60)65-67(57,58)61-21-29-34(64-66(54,55)56)33(51)39(63-29)48-24-47-32-36(42)45-23-46-37(32)48/h8,10-11,13-14,20,23-24,29,33-35,39,51-52H,9,12,15-19,21-22H2,1-7H3,(H,43,49)(H,44,53)(H,57,58)(H,59,60)(H2,42,45,46)(H2,54,55,56). The molecule has 10 N–H and O–H groups in total. The van der Waals surface area contributed by atoms with Gasteiger partial charge in [0.2, 0.25) is 16.9 Å². The highest BCUT2D eigenvalue weighted by molar-refractivity contribution is 8.14. The van der Waals surface area contributed by atoms with E-state index in [9.17, 15) is 57.9 Å². The lowest BCUT2D eigenvalue weighted by Gasteiger charge is -2.32. The number of hydrogen-bond acceptors (Lipinski definition) is 18. The van der Waals surface area contributed by atoms with Crippen LogP contribution in [-0.2, 0) is 50.7 Å². The Labute approximate surface area is 403 Å². The zero-order valence-electron chi connectivity index (χ0n) is 39.2. The maximum Gasteiger partial charge on any atom is 0.481 e. The Morgan fingerprint density at radius 1 is 1.04 bits per heavy atom. The number of allylic oxidation sites excluding steroid dienone is 9. The molecule has 1 aliphatic carbocycles. The van der Waals surface area contributed by atoms with Gasteiger partial charge < -0.3 is 50.9 Å². The molecule has 384 valence electrons. The van der Waals surface area contributed by atoms with Gasteiger partial charge >= 0.3 is 23.5 Å². The average molecular weight is 1050 g/mol. The van der Waals surface area contributed by atoms with Gasteiger partial charge in [0.15, 0.2) is 17.7 Å². The number of phosphoric ester groups is 3. The molecule has 2 aromatic rings. The number of nitrogen functional groups attached to an aromatic ring is 1. The number of ether oxygens (including phenoxy) is 1. The smallest absolute Gasteiger partial charge is 0.386 e. The van der Waals surface area contributed by atoms with Crippen LogP contribution in [0, 0.1) is 10.8 Å². The Hall–Kier alpha value is -3.74. The summed E-state index contributed by atoms with van der Waals surface area (Å²) in [6, 6.07) is 0. The van der Waals surface area contributed by atoms with Crippen molar-refractivity contribution in [3.63, 3.8) is 0 Å². The summed E-state index contributed by atoms with van der Waals surface area (Å²) in [5, 5.41) is 26.4. The molecule has 2 aromatic heterocycles. The number of anilines is 1. The zero-order valence-corrected chi connectivity index (χ0v) is 42.7. The lowest BCUT2D eigenvalue weighted by molar-refractivity contribution is -0.137. The third-order valence-electron chi connectivity index (χ3n) is 10.9. The molecule has 24 nitrogen and oxygen atoms in total. The van der Waals surface area contributed by atoms with Gasteiger partial charge in [0.1, 0.15) is 36.3 Å². The largest absolute Gasteiger partial charge is 0.481 e. The Kier molecular flexibility index (Phi) is 20.6. The summed E-state index contributed by atoms with van der Waals surface area (Å²) in [5.41, 5.74) is 9.06. The van der Waals surface area contributed by atoms with Crippen LogP contribution in [-0.4, -0.2) is 123 Å². The SMILES string of the molecule is CC(C=CC1=C(C)CCCC1(C)C)=CC=CC(C)=CC(=O)SCCNC(=O)CCNC(=O)C(O)C(C)(C)COP(=O)(O)OP(=O)(O)OCC1OC(n2cnc3c(N)ncnc32)C(O)C1OP(=O)(O)O. The second kappa shape index (κ2) is 24.6. The van der Waals surface area contributed by atoms with Gasteiger partial charge in [-0.1, -0.05) is 81.0 Å². The number of aliphatic hydroxyl groups is 2. The number of nitrogens with one attached hydrogen (secondary N) is 2. The molecule has 0 saturated carbocycles. The fourth-order valence-electron chi connectivity index (χ4n) is 7.19. The maximum atomic E-state index is 12.8. The van der Waals surface area contributed by atoms with Crippen LogP contribution in [0.15, 0.2) is 71.4 Å². The van der Waals surface area contributed by atoms with E-state index in [-0.39, 0.29) is 52.8 Å². The average Bonchev–Trinajstić information content (AvgIpc) is 3.80. The third-order valence-corrected chi connectivity index (χ3v) is 14.8. The summed E-state index contributed by atoms with van der Waals surface area (Å²) >= 11 is 1.02. The Morgan fingerprint density at radius 3 is 2.42 bits per heavy atom. The second-order valence-corrected chi connectivity index (χ2v) is 23.0. The van der Waals surface area contributed by atoms with E-state index in [2.05, 4.69) is 67.3 Å². The van der Waals surface area contributed by atoms with Crippen LogP contribution in [0.3, 0.4) is 0 Å². The minimum atomic E-state index is -5.59. The molecule has 28 heteroatoms. The van der Waals surface area contributed by atoms with Gasteiger partial charge in [0.05, 0.1) is 19.5 Å². The number of hydrogen-bond donors (Lipinski definition) is 9. The summed E-state index contributed by atoms with van der Waals surface area (Å²) in [6.07, 6.45) is 8.03. The molecule has 1 aliphatic heterocycles. The molecular weight excluding hydrogens is 987 g/mol. The first-order valence-electron chi connectivity index (χ1n) is 21.5. The van der Waals surface area contributed by atoms with Gasteiger partial charge in [-0.15, -0.1) is 0 Å². The van der Waals surface area contributed by atoms with Crippen molar-refractivity contribution in [1.29, 1.82) is 0 Å². The van der Waals surface area contributed by atoms with Crippen molar-refractivity contribution in [2.24, 2.45) is 10.8 Å². The number of aromatic nitrogens is 4. The normalized spacial score (nSPS) is 22.8. The molecular formula is C41H62N7O17P3S. The Balaban J connectivity index is 1.16. The first-order valence-corrected chi connectivity index (χ1v) is 27.0. The van der Waals surface area contributed by atoms with Crippen molar-refractivity contribution in [1.82, 2.24) is 30.2 Å². The van der Waals surface area contributed by atoms with Crippen molar-refractivity contribution in [3.8, 4) is 0 Å². The quantitative estimate of drug-likeness (QED) is 0.0308. The molecule has 3 heterocycles. The van der Waals surface area contributed by atoms with Crippen LogP contribution >= 0.6 is 35.2 Å². The molecule has 2 amide bonds. The highest BCUT2D eigenvalue weighted by atomic mass is 32.2. The van der Waals surface area contributed by atoms with E-state index < -0.39 is 84.6 Å². The topological polar surface area (TPSA) is 364 Å². The summed E-state index contributed by atoms with van der Waals surface area (Å²) in [4.78, 5) is 88.7. The predicted octanol–water partition coefficient (Wildman–Crippen LogP) is 4.20. The molecule has 4 rings (SSSR count). The molecule has 0 aromatic carbocycles. The van der Waals surface area contributed by atoms with Crippen LogP contribution in [0.5, 0.6) is 0 Å². The van der Waals surface area contributed by atoms with E-state index in [1.807, 2.05) is 32.1 Å². The summed E-state index contributed by atoms with van der Waals surface area (Å²) in [7, 11) is -16.4. The number of rotatable bonds is 24. The minimum absolute atomic E-state index is 0.0282. The number of imidazole rings is 1. The number of amides is 2. The number of nitrogens with zero attached hydrogens (tertiary/aromatic N) is 4. The summed E-state index contributed by atoms with van der Waals surface area (Å²) < 4.78 is 62.5. The summed E-state index contributed by atoms with van der Waals surface area (Å²) in [6.45, 7) is 11.0. The lowest BCUT2D eigenvalue weighted by Crippen LogP contribution is -2.46. The highest BCUT2D eigenvalue weighted by Crippen LogP contribution is 2.61. The Morgan fingerprint density at radius 2 is 1.74 bits per heavy atom. The van der Waals surface area contributed by atoms with Gasteiger partial charge in [0.25, 0.3) is 0 Å². The fourth-order valence-corrected chi connectivity index (χ4v) is 10.7. The molecule has 1 fully saturated rings. The van der Waals surface area contributed by atoms with Crippen LogP contribution in [0.2, 0.25) is 0 Å². The molecule has 7 atom stereocenters. The number of thioether (sulfide) groups is 1. The predicted molar refractivity (Wildman–Crippen MR) is 253 cm³/mol. The first-order chi connectivity index (χ1) is 32.0. The van der Waals surface area contributed by atoms with Gasteiger partial charge in [-0.2, -0.15) is 4.31 Å². The Bertz CT molecular complexity index is 2490. The van der Waals surface area contributed by atoms with E-state index in [0.29, 0.717) is 0 Å². The van der Waals surface area contributed by atoms with Crippen molar-refractivity contribution < 1.29 is 80.5 Å². The zero-order chi connectivity index (χ0) is 51.5. The molecule has 0 spiro atoms. The monoisotopic (exact) mass is 1050 g/mol. The van der Waals surface area contributed by atoms with Crippen LogP contribution in [0.25, 0.3) is 11.2 Å². The lowest BCUT2D eigenvalue weighted by atomic mass is 9.72. The van der Waals surface area contributed by atoms with Crippen LogP contribution < -0.4 is 16.4 Å². The van der Waals surface area contributed by atoms with Gasteiger partial charge in [-0.05, 0) is 62.7 Å². The summed E-state index contributed by atoms with van der Waals surface area (Å²) in [5.74, 6) is -1.20. The highest BCUT2D eigenvalue weighted by Gasteiger charge is 2.50. The third kappa shape index (κ3) is 17.8. The number of carbonyl (C=O) groups excluding carboxylic acids is 3. The van der Waals surface area contributed by atoms with Crippen molar-refractivity contribution in [2.75, 3.05) is 37.8 Å². The van der Waals surface area contributed by atoms with Crippen molar-refractivity contribution in [3.05, 3.63) is 71.4 Å². The second-order valence-electron chi connectivity index (χ2n) is 17.7. The van der Waals surface area contributed by atoms with Gasteiger partial charge in [0, 0.05) is 30.7 Å². The molecule has 1 saturated heterocycles. The number of carbonyl (C=O) groups is 3. The van der Waals surface area contributed by atoms with Gasteiger partial charge in [-0.25, -0.2) is 28.6 Å². The number of fused-ring (bicyclic) bond motifs is 1. The fraction of sp³-hybridized carbons (Fsp3) is 0.561. The molecule has 0 radical (unpaired) electrons. The van der Waals surface area contributed by atoms with Crippen LogP contribution in [0.1, 0.15) is 80.4 Å². The minimum Gasteiger partial charge on any atom is -0.386 e. The maximum absolute atomic E-state index is 12.8. The van der Waals surface area contributed by atoms with Crippen molar-refractivity contribution in [2.45, 2.75) is 105 Å². The van der Waals surface area contributed by atoms with E-state index in [0.717, 1.165) is 53.0 Å². The van der Waals surface area contributed by atoms with E-state index in [1.54, 1.807) is 0 Å². The molecule has 69 heavy (non-hydrogen) atoms. The number of phosphoric acid groups is 3. The number of nitrogens with two attached hydrogens (primary N) is 1. The molecule has 0 bridgehead atoms. The first kappa shape index (κ1) is 57.8. The van der Waals surface area contributed by atoms with Crippen LogP contribution in [0.4, 0.5) is 5.82 Å². The van der Waals surface area contributed by atoms with E-state index in [4.69, 9.17) is 19.5 Å². The number of aliphatic hydroxyl groups excluding tert-OH is 2. The van der Waals surface area contributed by atoms with E-state index in [1.165, 1.54) is 37.5 Å². The van der Waals surface area contributed by atoms with Gasteiger partial charge in [-0.3, -0.25) is 32.5 Å². The molecule has 2 aliphatic rings. The molecule has 7 unspecified atom stereocenters.